The number of alkyl halides is 5. The van der Waals surface area contributed by atoms with Crippen molar-refractivity contribution >= 4 is 11.5 Å². The molecule has 2 nitrogen and oxygen atoms in total. The van der Waals surface area contributed by atoms with Crippen LogP contribution in [0.3, 0.4) is 0 Å². The highest BCUT2D eigenvalue weighted by Gasteiger charge is 2.37. The molecular formula is C10H8F5NO. The fourth-order valence-corrected chi connectivity index (χ4v) is 1.48. The maximum Gasteiger partial charge on any atom is 0.417 e. The van der Waals surface area contributed by atoms with E-state index in [1.54, 1.807) is 0 Å². The Balaban J connectivity index is 3.64. The Labute approximate surface area is 93.2 Å². The lowest BCUT2D eigenvalue weighted by atomic mass is 9.96. The predicted octanol–water partition coefficient (Wildman–Crippen LogP) is 3.43. The van der Waals surface area contributed by atoms with Crippen LogP contribution in [-0.2, 0) is 6.18 Å². The molecule has 2 N–H and O–H groups in total. The summed E-state index contributed by atoms with van der Waals surface area (Å²) in [6, 6.07) is 1.15. The van der Waals surface area contributed by atoms with E-state index in [2.05, 4.69) is 0 Å². The maximum absolute atomic E-state index is 12.6. The van der Waals surface area contributed by atoms with Crippen LogP contribution >= 0.6 is 0 Å². The van der Waals surface area contributed by atoms with Crippen LogP contribution in [0.1, 0.15) is 34.8 Å². The fraction of sp³-hybridized carbons (Fsp3) is 0.300. The zero-order valence-electron chi connectivity index (χ0n) is 8.61. The number of nitrogens with two attached hydrogens (primary N) is 1. The highest BCUT2D eigenvalue weighted by atomic mass is 19.4. The van der Waals surface area contributed by atoms with Crippen molar-refractivity contribution in [3.8, 4) is 0 Å². The molecular weight excluding hydrogens is 245 g/mol. The number of hydrogen-bond donors (Lipinski definition) is 1. The molecule has 0 unspecified atom stereocenters. The van der Waals surface area contributed by atoms with E-state index in [4.69, 9.17) is 5.73 Å². The number of rotatable bonds is 2. The monoisotopic (exact) mass is 253 g/mol. The molecule has 94 valence electrons. The Morgan fingerprint density at radius 1 is 1.29 bits per heavy atom. The van der Waals surface area contributed by atoms with Gasteiger partial charge in [-0.15, -0.1) is 0 Å². The molecule has 0 heterocycles. The van der Waals surface area contributed by atoms with Crippen LogP contribution in [0.5, 0.6) is 0 Å². The molecule has 0 saturated carbocycles. The summed E-state index contributed by atoms with van der Waals surface area (Å²) in [6.45, 7) is 0.798. The number of halogens is 5. The smallest absolute Gasteiger partial charge is 0.399 e. The van der Waals surface area contributed by atoms with Gasteiger partial charge in [0.15, 0.2) is 5.78 Å². The largest absolute Gasteiger partial charge is 0.417 e. The Morgan fingerprint density at radius 2 is 1.82 bits per heavy atom. The molecule has 0 spiro atoms. The summed E-state index contributed by atoms with van der Waals surface area (Å²) >= 11 is 0. The molecule has 1 rings (SSSR count). The van der Waals surface area contributed by atoms with Crippen LogP contribution in [0.4, 0.5) is 27.6 Å². The molecule has 0 bridgehead atoms. The zero-order chi connectivity index (χ0) is 13.4. The minimum Gasteiger partial charge on any atom is -0.399 e. The second-order valence-electron chi connectivity index (χ2n) is 3.39. The number of carbonyl (C=O) groups is 1. The van der Waals surface area contributed by atoms with Gasteiger partial charge < -0.3 is 5.73 Å². The van der Waals surface area contributed by atoms with Gasteiger partial charge in [0.25, 0.3) is 6.43 Å². The lowest BCUT2D eigenvalue weighted by Gasteiger charge is -2.15. The summed E-state index contributed by atoms with van der Waals surface area (Å²) in [5, 5.41) is 0. The molecule has 0 aliphatic heterocycles. The number of ketones is 1. The van der Waals surface area contributed by atoms with Crippen molar-refractivity contribution < 1.29 is 26.7 Å². The summed E-state index contributed by atoms with van der Waals surface area (Å²) in [6.07, 6.45) is -8.10. The average molecular weight is 253 g/mol. The van der Waals surface area contributed by atoms with Gasteiger partial charge in [0, 0.05) is 16.8 Å². The van der Waals surface area contributed by atoms with Gasteiger partial charge in [-0.25, -0.2) is 8.78 Å². The lowest BCUT2D eigenvalue weighted by Crippen LogP contribution is -2.15. The number of benzene rings is 1. The molecule has 7 heteroatoms. The van der Waals surface area contributed by atoms with Gasteiger partial charge in [0.2, 0.25) is 0 Å². The molecule has 0 saturated heterocycles. The van der Waals surface area contributed by atoms with E-state index < -0.39 is 40.8 Å². The summed E-state index contributed by atoms with van der Waals surface area (Å²) < 4.78 is 62.9. The first-order valence-corrected chi connectivity index (χ1v) is 4.44. The molecule has 0 aliphatic carbocycles. The summed E-state index contributed by atoms with van der Waals surface area (Å²) in [4.78, 5) is 11.1. The first kappa shape index (κ1) is 13.4. The normalized spacial score (nSPS) is 11.9. The number of nitrogen functional groups attached to an aromatic ring is 1. The molecule has 0 aliphatic rings. The molecule has 1 aromatic rings. The average Bonchev–Trinajstić information content (AvgIpc) is 2.14. The molecule has 0 fully saturated rings. The Morgan fingerprint density at radius 3 is 2.18 bits per heavy atom. The van der Waals surface area contributed by atoms with Gasteiger partial charge >= 0.3 is 6.18 Å². The second kappa shape index (κ2) is 4.31. The van der Waals surface area contributed by atoms with E-state index in [0.717, 1.165) is 6.92 Å². The van der Waals surface area contributed by atoms with Crippen LogP contribution in [0, 0.1) is 0 Å². The number of hydrogen-bond acceptors (Lipinski definition) is 2. The van der Waals surface area contributed by atoms with Crippen LogP contribution in [0.2, 0.25) is 0 Å². The minimum atomic E-state index is -4.90. The first-order valence-electron chi connectivity index (χ1n) is 4.44. The second-order valence-corrected chi connectivity index (χ2v) is 3.39. The number of anilines is 1. The van der Waals surface area contributed by atoms with Gasteiger partial charge in [-0.05, 0) is 19.1 Å². The topological polar surface area (TPSA) is 43.1 Å². The van der Waals surface area contributed by atoms with E-state index in [1.807, 2.05) is 0 Å². The van der Waals surface area contributed by atoms with Gasteiger partial charge in [-0.3, -0.25) is 4.79 Å². The highest BCUT2D eigenvalue weighted by molar-refractivity contribution is 5.98. The third-order valence-electron chi connectivity index (χ3n) is 2.08. The minimum absolute atomic E-state index is 0.461. The van der Waals surface area contributed by atoms with E-state index in [0.29, 0.717) is 12.1 Å². The van der Waals surface area contributed by atoms with E-state index in [9.17, 15) is 26.7 Å². The summed E-state index contributed by atoms with van der Waals surface area (Å²) in [5.74, 6) is -1.08. The molecule has 0 atom stereocenters. The van der Waals surface area contributed by atoms with Crippen molar-refractivity contribution in [3.05, 3.63) is 28.8 Å². The van der Waals surface area contributed by atoms with E-state index in [-0.39, 0.29) is 0 Å². The van der Waals surface area contributed by atoms with Crippen molar-refractivity contribution in [3.63, 3.8) is 0 Å². The van der Waals surface area contributed by atoms with Crippen molar-refractivity contribution in [1.82, 2.24) is 0 Å². The van der Waals surface area contributed by atoms with Crippen LogP contribution in [-0.4, -0.2) is 5.78 Å². The van der Waals surface area contributed by atoms with Crippen LogP contribution in [0.15, 0.2) is 12.1 Å². The third kappa shape index (κ3) is 2.72. The predicted molar refractivity (Wildman–Crippen MR) is 50.8 cm³/mol. The molecule has 0 aromatic heterocycles. The van der Waals surface area contributed by atoms with Crippen LogP contribution in [0.25, 0.3) is 0 Å². The third-order valence-corrected chi connectivity index (χ3v) is 2.08. The Hall–Kier alpha value is -1.66. The van der Waals surface area contributed by atoms with Gasteiger partial charge in [0.05, 0.1) is 5.56 Å². The first-order chi connectivity index (χ1) is 7.64. The van der Waals surface area contributed by atoms with Crippen molar-refractivity contribution in [1.29, 1.82) is 0 Å². The molecule has 0 radical (unpaired) electrons. The zero-order valence-corrected chi connectivity index (χ0v) is 8.61. The van der Waals surface area contributed by atoms with E-state index >= 15 is 0 Å². The standard InChI is InChI=1S/C10H8F5NO/c1-4(17)8-6(9(11)12)2-5(16)3-7(8)10(13,14)15/h2-3,9H,16H2,1H3. The van der Waals surface area contributed by atoms with Crippen molar-refractivity contribution in [2.45, 2.75) is 19.5 Å². The number of Topliss-reactive ketones (excluding diaryl/α,β-unsaturated/α-hetero) is 1. The molecule has 17 heavy (non-hydrogen) atoms. The summed E-state index contributed by atoms with van der Waals surface area (Å²) in [5.41, 5.74) is 1.21. The SMILES string of the molecule is CC(=O)c1c(C(F)F)cc(N)cc1C(F)(F)F. The van der Waals surface area contributed by atoms with Crippen molar-refractivity contribution in [2.75, 3.05) is 5.73 Å². The summed E-state index contributed by atoms with van der Waals surface area (Å²) in [7, 11) is 0. The highest BCUT2D eigenvalue weighted by Crippen LogP contribution is 2.38. The van der Waals surface area contributed by atoms with Gasteiger partial charge in [0.1, 0.15) is 0 Å². The maximum atomic E-state index is 12.6. The van der Waals surface area contributed by atoms with E-state index in [1.165, 1.54) is 0 Å². The van der Waals surface area contributed by atoms with Gasteiger partial charge in [-0.2, -0.15) is 13.2 Å². The lowest BCUT2D eigenvalue weighted by molar-refractivity contribution is -0.138. The van der Waals surface area contributed by atoms with Gasteiger partial charge in [-0.1, -0.05) is 0 Å². The quantitative estimate of drug-likeness (QED) is 0.498. The fourth-order valence-electron chi connectivity index (χ4n) is 1.48. The molecule has 1 aromatic carbocycles. The van der Waals surface area contributed by atoms with Crippen molar-refractivity contribution in [2.24, 2.45) is 0 Å². The Bertz CT molecular complexity index is 453. The van der Waals surface area contributed by atoms with Crippen LogP contribution < -0.4 is 5.73 Å². The molecule has 0 amide bonds. The Kier molecular flexibility index (Phi) is 3.40. The number of carbonyl (C=O) groups excluding carboxylic acids is 1.